The quantitative estimate of drug-likeness (QED) is 0.410. The molecule has 0 aliphatic heterocycles. The number of hydrogen-bond acceptors (Lipinski definition) is 2. The Morgan fingerprint density at radius 3 is 2.11 bits per heavy atom. The van der Waals surface area contributed by atoms with Gasteiger partial charge >= 0.3 is 0 Å². The maximum atomic E-state index is 8.94. The Morgan fingerprint density at radius 2 is 1.50 bits per heavy atom. The maximum absolute atomic E-state index is 8.94. The first-order valence-electron chi connectivity index (χ1n) is 12.2. The first-order chi connectivity index (χ1) is 13.8. The van der Waals surface area contributed by atoms with Crippen LogP contribution in [0.1, 0.15) is 120 Å². The third kappa shape index (κ3) is 6.33. The van der Waals surface area contributed by atoms with Crippen molar-refractivity contribution in [3.8, 4) is 6.07 Å². The molecule has 1 aromatic rings. The van der Waals surface area contributed by atoms with Gasteiger partial charge in [-0.05, 0) is 68.4 Å². The number of hydrogen-bond donors (Lipinski definition) is 0. The molecule has 154 valence electrons. The summed E-state index contributed by atoms with van der Waals surface area (Å²) in [7, 11) is 0. The minimum atomic E-state index is 0.619. The molecule has 0 saturated heterocycles. The van der Waals surface area contributed by atoms with E-state index in [4.69, 9.17) is 5.26 Å². The number of nitrogens with zero attached hydrogens (tertiary/aromatic N) is 2. The van der Waals surface area contributed by atoms with Crippen LogP contribution < -0.4 is 0 Å². The molecule has 1 aromatic heterocycles. The number of unbranched alkanes of at least 4 members (excludes halogenated alkanes) is 5. The molecule has 0 radical (unpaired) electrons. The molecule has 2 saturated carbocycles. The van der Waals surface area contributed by atoms with E-state index in [1.807, 2.05) is 6.07 Å². The second-order valence-corrected chi connectivity index (χ2v) is 9.53. The highest BCUT2D eigenvalue weighted by atomic mass is 14.7. The molecular formula is C26H40N2. The lowest BCUT2D eigenvalue weighted by atomic mass is 9.68. The van der Waals surface area contributed by atoms with Crippen molar-refractivity contribution >= 4 is 0 Å². The number of rotatable bonds is 9. The van der Waals surface area contributed by atoms with Crippen molar-refractivity contribution in [2.75, 3.05) is 0 Å². The van der Waals surface area contributed by atoms with Crippen LogP contribution in [0.25, 0.3) is 0 Å². The normalized spacial score (nSPS) is 28.0. The highest BCUT2D eigenvalue weighted by molar-refractivity contribution is 5.27. The Morgan fingerprint density at radius 1 is 0.857 bits per heavy atom. The molecule has 0 spiro atoms. The van der Waals surface area contributed by atoms with Gasteiger partial charge in [-0.3, -0.25) is 4.98 Å². The summed E-state index contributed by atoms with van der Waals surface area (Å²) in [6.07, 6.45) is 23.2. The van der Waals surface area contributed by atoms with Gasteiger partial charge in [0, 0.05) is 17.8 Å². The highest BCUT2D eigenvalue weighted by Crippen LogP contribution is 2.44. The van der Waals surface area contributed by atoms with Crippen LogP contribution >= 0.6 is 0 Å². The van der Waals surface area contributed by atoms with Crippen LogP contribution in [-0.2, 0) is 0 Å². The summed E-state index contributed by atoms with van der Waals surface area (Å²) >= 11 is 0. The lowest BCUT2D eigenvalue weighted by Gasteiger charge is -2.37. The van der Waals surface area contributed by atoms with E-state index < -0.39 is 0 Å². The van der Waals surface area contributed by atoms with Crippen LogP contribution in [0.5, 0.6) is 0 Å². The summed E-state index contributed by atoms with van der Waals surface area (Å²) in [6.45, 7) is 2.30. The third-order valence-electron chi connectivity index (χ3n) is 7.63. The lowest BCUT2D eigenvalue weighted by molar-refractivity contribution is 0.155. The Bertz CT molecular complexity index is 584. The predicted octanol–water partition coefficient (Wildman–Crippen LogP) is 7.78. The van der Waals surface area contributed by atoms with E-state index in [2.05, 4.69) is 24.0 Å². The van der Waals surface area contributed by atoms with Crippen molar-refractivity contribution in [3.63, 3.8) is 0 Å². The highest BCUT2D eigenvalue weighted by Gasteiger charge is 2.31. The average molecular weight is 381 g/mol. The van der Waals surface area contributed by atoms with E-state index in [9.17, 15) is 0 Å². The standard InChI is InChI=1S/C26H40N2/c1-2-3-4-5-6-7-8-21-9-12-23(13-10-21)24-14-16-25(17-15-24)26-18-11-22(19-27)20-28-26/h11,18,20-21,23-25H,2-10,12-17H2,1H3. The largest absolute Gasteiger partial charge is 0.260 e. The molecule has 2 aliphatic carbocycles. The van der Waals surface area contributed by atoms with Gasteiger partial charge in [0.25, 0.3) is 0 Å². The smallest absolute Gasteiger partial charge is 0.101 e. The molecule has 0 unspecified atom stereocenters. The van der Waals surface area contributed by atoms with Crippen LogP contribution in [0.15, 0.2) is 18.3 Å². The molecule has 0 bridgehead atoms. The molecule has 0 atom stereocenters. The monoisotopic (exact) mass is 380 g/mol. The van der Waals surface area contributed by atoms with E-state index in [-0.39, 0.29) is 0 Å². The molecule has 28 heavy (non-hydrogen) atoms. The van der Waals surface area contributed by atoms with Crippen molar-refractivity contribution in [2.45, 2.75) is 109 Å². The van der Waals surface area contributed by atoms with Crippen molar-refractivity contribution in [2.24, 2.45) is 17.8 Å². The molecule has 3 rings (SSSR count). The van der Waals surface area contributed by atoms with Crippen LogP contribution in [0, 0.1) is 29.1 Å². The molecule has 2 aliphatic rings. The average Bonchev–Trinajstić information content (AvgIpc) is 2.77. The summed E-state index contributed by atoms with van der Waals surface area (Å²) in [6, 6.07) is 6.18. The van der Waals surface area contributed by atoms with Gasteiger partial charge in [0.05, 0.1) is 5.56 Å². The summed E-state index contributed by atoms with van der Waals surface area (Å²) in [4.78, 5) is 4.55. The van der Waals surface area contributed by atoms with E-state index in [0.29, 0.717) is 11.5 Å². The van der Waals surface area contributed by atoms with Crippen LogP contribution in [0.2, 0.25) is 0 Å². The predicted molar refractivity (Wildman–Crippen MR) is 117 cm³/mol. The zero-order chi connectivity index (χ0) is 19.6. The fourth-order valence-electron chi connectivity index (χ4n) is 5.76. The van der Waals surface area contributed by atoms with Crippen molar-refractivity contribution < 1.29 is 0 Å². The second-order valence-electron chi connectivity index (χ2n) is 9.53. The Labute approximate surface area is 173 Å². The van der Waals surface area contributed by atoms with Crippen molar-refractivity contribution in [3.05, 3.63) is 29.6 Å². The first-order valence-corrected chi connectivity index (χ1v) is 12.2. The molecular weight excluding hydrogens is 340 g/mol. The fourth-order valence-corrected chi connectivity index (χ4v) is 5.76. The molecule has 0 N–H and O–H groups in total. The van der Waals surface area contributed by atoms with Gasteiger partial charge in [0.1, 0.15) is 6.07 Å². The van der Waals surface area contributed by atoms with Crippen molar-refractivity contribution in [1.82, 2.24) is 4.98 Å². The summed E-state index contributed by atoms with van der Waals surface area (Å²) in [5.74, 6) is 3.61. The van der Waals surface area contributed by atoms with Gasteiger partial charge in [-0.1, -0.05) is 64.7 Å². The first kappa shape index (κ1) is 21.4. The molecule has 1 heterocycles. The SMILES string of the molecule is CCCCCCCCC1CCC(C2CCC(c3ccc(C#N)cn3)CC2)CC1. The molecule has 2 nitrogen and oxygen atoms in total. The lowest BCUT2D eigenvalue weighted by Crippen LogP contribution is -2.25. The Hall–Kier alpha value is -1.36. The van der Waals surface area contributed by atoms with Gasteiger partial charge in [-0.25, -0.2) is 0 Å². The number of nitriles is 1. The van der Waals surface area contributed by atoms with Crippen molar-refractivity contribution in [1.29, 1.82) is 5.26 Å². The maximum Gasteiger partial charge on any atom is 0.101 e. The van der Waals surface area contributed by atoms with E-state index >= 15 is 0 Å². The van der Waals surface area contributed by atoms with Gasteiger partial charge in [-0.15, -0.1) is 0 Å². The molecule has 2 heteroatoms. The van der Waals surface area contributed by atoms with Gasteiger partial charge < -0.3 is 0 Å². The zero-order valence-electron chi connectivity index (χ0n) is 18.0. The number of pyridine rings is 1. The van der Waals surface area contributed by atoms with Gasteiger partial charge in [0.15, 0.2) is 0 Å². The van der Waals surface area contributed by atoms with Crippen LogP contribution in [0.3, 0.4) is 0 Å². The third-order valence-corrected chi connectivity index (χ3v) is 7.63. The minimum absolute atomic E-state index is 0.619. The van der Waals surface area contributed by atoms with E-state index in [1.165, 1.54) is 102 Å². The topological polar surface area (TPSA) is 36.7 Å². The number of aromatic nitrogens is 1. The summed E-state index contributed by atoms with van der Waals surface area (Å²) < 4.78 is 0. The van der Waals surface area contributed by atoms with Gasteiger partial charge in [-0.2, -0.15) is 5.26 Å². The fraction of sp³-hybridized carbons (Fsp3) is 0.769. The summed E-state index contributed by atoms with van der Waals surface area (Å²) in [5, 5.41) is 8.94. The van der Waals surface area contributed by atoms with E-state index in [0.717, 1.165) is 17.8 Å². The zero-order valence-corrected chi connectivity index (χ0v) is 18.0. The molecule has 0 aromatic carbocycles. The Kier molecular flexibility index (Phi) is 8.84. The van der Waals surface area contributed by atoms with Crippen LogP contribution in [-0.4, -0.2) is 4.98 Å². The molecule has 2 fully saturated rings. The Balaban J connectivity index is 1.32. The minimum Gasteiger partial charge on any atom is -0.260 e. The van der Waals surface area contributed by atoms with E-state index in [1.54, 1.807) is 6.20 Å². The molecule has 0 amide bonds. The summed E-state index contributed by atoms with van der Waals surface area (Å²) in [5.41, 5.74) is 1.88. The second kappa shape index (κ2) is 11.6. The van der Waals surface area contributed by atoms with Gasteiger partial charge in [0.2, 0.25) is 0 Å². The van der Waals surface area contributed by atoms with Crippen LogP contribution in [0.4, 0.5) is 0 Å².